The van der Waals surface area contributed by atoms with E-state index in [4.69, 9.17) is 11.6 Å². The summed E-state index contributed by atoms with van der Waals surface area (Å²) in [6, 6.07) is 1.89. The first-order valence-electron chi connectivity index (χ1n) is 6.25. The van der Waals surface area contributed by atoms with E-state index >= 15 is 0 Å². The van der Waals surface area contributed by atoms with Gasteiger partial charge in [0, 0.05) is 36.2 Å². The zero-order valence-electron chi connectivity index (χ0n) is 10.7. The molecule has 0 unspecified atom stereocenters. The summed E-state index contributed by atoms with van der Waals surface area (Å²) >= 11 is 5.86. The van der Waals surface area contributed by atoms with Gasteiger partial charge in [-0.15, -0.1) is 11.6 Å². The quantitative estimate of drug-likeness (QED) is 0.768. The van der Waals surface area contributed by atoms with Crippen molar-refractivity contribution in [3.8, 4) is 0 Å². The van der Waals surface area contributed by atoms with E-state index in [-0.39, 0.29) is 12.8 Å². The maximum absolute atomic E-state index is 12.6. The number of aromatic nitrogens is 1. The van der Waals surface area contributed by atoms with Gasteiger partial charge in [-0.3, -0.25) is 4.98 Å². The number of pyridine rings is 1. The Morgan fingerprint density at radius 3 is 2.53 bits per heavy atom. The SMILES string of the molecule is Cc1cc(N2CCC(C(F)(F)F)CC2)c(CCl)cn1. The molecule has 0 amide bonds. The van der Waals surface area contributed by atoms with Crippen LogP contribution in [0.1, 0.15) is 24.1 Å². The number of piperidine rings is 1. The molecule has 0 saturated carbocycles. The molecule has 0 aliphatic carbocycles. The van der Waals surface area contributed by atoms with Crippen molar-refractivity contribution < 1.29 is 13.2 Å². The summed E-state index contributed by atoms with van der Waals surface area (Å²) in [5.74, 6) is -0.854. The maximum atomic E-state index is 12.6. The molecule has 1 aromatic heterocycles. The average molecular weight is 293 g/mol. The molecule has 1 aliphatic heterocycles. The molecule has 0 atom stereocenters. The van der Waals surface area contributed by atoms with E-state index in [0.29, 0.717) is 19.0 Å². The number of hydrogen-bond acceptors (Lipinski definition) is 2. The molecule has 1 saturated heterocycles. The number of hydrogen-bond donors (Lipinski definition) is 0. The zero-order valence-corrected chi connectivity index (χ0v) is 11.4. The highest BCUT2D eigenvalue weighted by Crippen LogP contribution is 2.36. The predicted octanol–water partition coefficient (Wildman–Crippen LogP) is 3.91. The van der Waals surface area contributed by atoms with E-state index in [9.17, 15) is 13.2 Å². The molecule has 2 heterocycles. The minimum Gasteiger partial charge on any atom is -0.371 e. The Labute approximate surface area is 115 Å². The van der Waals surface area contributed by atoms with Crippen LogP contribution >= 0.6 is 11.6 Å². The van der Waals surface area contributed by atoms with Crippen LogP contribution in [0.5, 0.6) is 0 Å². The molecule has 0 aromatic carbocycles. The van der Waals surface area contributed by atoms with Crippen LogP contribution < -0.4 is 4.90 Å². The van der Waals surface area contributed by atoms with Crippen molar-refractivity contribution in [3.05, 3.63) is 23.5 Å². The van der Waals surface area contributed by atoms with Gasteiger partial charge in [0.15, 0.2) is 0 Å². The first-order valence-corrected chi connectivity index (χ1v) is 6.78. The smallest absolute Gasteiger partial charge is 0.371 e. The van der Waals surface area contributed by atoms with Gasteiger partial charge >= 0.3 is 6.18 Å². The summed E-state index contributed by atoms with van der Waals surface area (Å²) < 4.78 is 37.9. The maximum Gasteiger partial charge on any atom is 0.391 e. The van der Waals surface area contributed by atoms with Crippen LogP contribution in [-0.2, 0) is 5.88 Å². The Bertz CT molecular complexity index is 440. The van der Waals surface area contributed by atoms with Crippen LogP contribution in [0, 0.1) is 12.8 Å². The first-order chi connectivity index (χ1) is 8.91. The number of alkyl halides is 4. The molecule has 2 nitrogen and oxygen atoms in total. The van der Waals surface area contributed by atoms with Crippen LogP contribution in [-0.4, -0.2) is 24.2 Å². The molecule has 0 bridgehead atoms. The van der Waals surface area contributed by atoms with Gasteiger partial charge in [-0.25, -0.2) is 0 Å². The summed E-state index contributed by atoms with van der Waals surface area (Å²) in [5, 5.41) is 0. The van der Waals surface area contributed by atoms with Crippen LogP contribution in [0.2, 0.25) is 0 Å². The highest BCUT2D eigenvalue weighted by molar-refractivity contribution is 6.17. The molecule has 19 heavy (non-hydrogen) atoms. The van der Waals surface area contributed by atoms with Crippen molar-refractivity contribution in [2.75, 3.05) is 18.0 Å². The number of aryl methyl sites for hydroxylation is 1. The summed E-state index contributed by atoms with van der Waals surface area (Å²) in [6.07, 6.45) is -2.08. The fourth-order valence-corrected chi connectivity index (χ4v) is 2.62. The molecule has 2 rings (SSSR count). The Morgan fingerprint density at radius 2 is 2.00 bits per heavy atom. The van der Waals surface area contributed by atoms with Crippen molar-refractivity contribution in [2.24, 2.45) is 5.92 Å². The van der Waals surface area contributed by atoms with Crippen molar-refractivity contribution in [2.45, 2.75) is 31.8 Å². The average Bonchev–Trinajstić information content (AvgIpc) is 2.38. The van der Waals surface area contributed by atoms with Gasteiger partial charge in [0.05, 0.1) is 11.8 Å². The molecule has 1 aromatic rings. The van der Waals surface area contributed by atoms with Gasteiger partial charge in [-0.2, -0.15) is 13.2 Å². The molecule has 6 heteroatoms. The Morgan fingerprint density at radius 1 is 1.37 bits per heavy atom. The van der Waals surface area contributed by atoms with Crippen LogP contribution in [0.4, 0.5) is 18.9 Å². The molecular weight excluding hydrogens is 277 g/mol. The van der Waals surface area contributed by atoms with Gasteiger partial charge in [-0.1, -0.05) is 0 Å². The Kier molecular flexibility index (Phi) is 4.23. The van der Waals surface area contributed by atoms with Crippen LogP contribution in [0.15, 0.2) is 12.3 Å². The first kappa shape index (κ1) is 14.4. The minimum atomic E-state index is -4.07. The lowest BCUT2D eigenvalue weighted by atomic mass is 9.95. The third-order valence-corrected chi connectivity index (χ3v) is 3.83. The van der Waals surface area contributed by atoms with Crippen molar-refractivity contribution in [3.63, 3.8) is 0 Å². The number of rotatable bonds is 2. The molecule has 0 N–H and O–H groups in total. The van der Waals surface area contributed by atoms with Crippen molar-refractivity contribution in [1.29, 1.82) is 0 Å². The lowest BCUT2D eigenvalue weighted by Gasteiger charge is -2.35. The van der Waals surface area contributed by atoms with Crippen molar-refractivity contribution >= 4 is 17.3 Å². The van der Waals surface area contributed by atoms with E-state index in [2.05, 4.69) is 4.98 Å². The highest BCUT2D eigenvalue weighted by atomic mass is 35.5. The third kappa shape index (κ3) is 3.32. The zero-order chi connectivity index (χ0) is 14.0. The van der Waals surface area contributed by atoms with Crippen LogP contribution in [0.25, 0.3) is 0 Å². The standard InChI is InChI=1S/C13H16ClF3N2/c1-9-6-12(10(7-14)8-18-9)19-4-2-11(3-5-19)13(15,16)17/h6,8,11H,2-5,7H2,1H3. The number of halogens is 4. The van der Waals surface area contributed by atoms with Crippen LogP contribution in [0.3, 0.4) is 0 Å². The molecule has 1 aliphatic rings. The minimum absolute atomic E-state index is 0.145. The summed E-state index contributed by atoms with van der Waals surface area (Å²) in [6.45, 7) is 2.69. The number of nitrogens with zero attached hydrogens (tertiary/aromatic N) is 2. The third-order valence-electron chi connectivity index (χ3n) is 3.54. The Balaban J connectivity index is 2.11. The van der Waals surface area contributed by atoms with Gasteiger partial charge in [-0.05, 0) is 25.8 Å². The van der Waals surface area contributed by atoms with Crippen molar-refractivity contribution in [1.82, 2.24) is 4.98 Å². The van der Waals surface area contributed by atoms with Gasteiger partial charge in [0.25, 0.3) is 0 Å². The fraction of sp³-hybridized carbons (Fsp3) is 0.615. The molecule has 106 valence electrons. The Hall–Kier alpha value is -0.970. The van der Waals surface area contributed by atoms with E-state index in [1.54, 1.807) is 6.20 Å². The fourth-order valence-electron chi connectivity index (χ4n) is 2.42. The van der Waals surface area contributed by atoms with E-state index in [1.165, 1.54) is 0 Å². The van der Waals surface area contributed by atoms with E-state index < -0.39 is 12.1 Å². The van der Waals surface area contributed by atoms with Gasteiger partial charge in [0.2, 0.25) is 0 Å². The molecular formula is C13H16ClF3N2. The summed E-state index contributed by atoms with van der Waals surface area (Å²) in [7, 11) is 0. The molecule has 1 fully saturated rings. The van der Waals surface area contributed by atoms with E-state index in [0.717, 1.165) is 16.9 Å². The van der Waals surface area contributed by atoms with E-state index in [1.807, 2.05) is 17.9 Å². The molecule has 0 spiro atoms. The normalized spacial score (nSPS) is 17.8. The lowest BCUT2D eigenvalue weighted by molar-refractivity contribution is -0.179. The molecule has 0 radical (unpaired) electrons. The second kappa shape index (κ2) is 5.57. The van der Waals surface area contributed by atoms with Gasteiger partial charge < -0.3 is 4.90 Å². The topological polar surface area (TPSA) is 16.1 Å². The second-order valence-electron chi connectivity index (χ2n) is 4.89. The highest BCUT2D eigenvalue weighted by Gasteiger charge is 2.41. The largest absolute Gasteiger partial charge is 0.391 e. The summed E-state index contributed by atoms with van der Waals surface area (Å²) in [4.78, 5) is 6.15. The second-order valence-corrected chi connectivity index (χ2v) is 5.16. The lowest BCUT2D eigenvalue weighted by Crippen LogP contribution is -2.39. The predicted molar refractivity (Wildman–Crippen MR) is 69.5 cm³/mol. The number of anilines is 1. The summed E-state index contributed by atoms with van der Waals surface area (Å²) in [5.41, 5.74) is 2.64. The monoisotopic (exact) mass is 292 g/mol. The van der Waals surface area contributed by atoms with Gasteiger partial charge in [0.1, 0.15) is 0 Å².